The van der Waals surface area contributed by atoms with Gasteiger partial charge in [-0.05, 0) is 75.5 Å². The van der Waals surface area contributed by atoms with E-state index in [9.17, 15) is 0 Å². The molecule has 0 aliphatic heterocycles. The van der Waals surface area contributed by atoms with Crippen LogP contribution in [0.5, 0.6) is 0 Å². The summed E-state index contributed by atoms with van der Waals surface area (Å²) in [5, 5.41) is 12.1. The van der Waals surface area contributed by atoms with Crippen LogP contribution in [-0.2, 0) is 0 Å². The minimum Gasteiger partial charge on any atom is -0.309 e. The van der Waals surface area contributed by atoms with Gasteiger partial charge in [-0.25, -0.2) is 9.97 Å². The van der Waals surface area contributed by atoms with E-state index in [1.807, 2.05) is 12.1 Å². The molecule has 250 valence electrons. The molecule has 0 atom stereocenters. The maximum atomic E-state index is 5.44. The van der Waals surface area contributed by atoms with Gasteiger partial charge < -0.3 is 4.57 Å². The van der Waals surface area contributed by atoms with Gasteiger partial charge in [-0.1, -0.05) is 133 Å². The lowest BCUT2D eigenvalue weighted by atomic mass is 10.0. The summed E-state index contributed by atoms with van der Waals surface area (Å²) >= 11 is 0. The molecule has 0 amide bonds. The van der Waals surface area contributed by atoms with Crippen molar-refractivity contribution in [2.75, 3.05) is 0 Å². The maximum Gasteiger partial charge on any atom is 0.165 e. The largest absolute Gasteiger partial charge is 0.309 e. The fourth-order valence-electron chi connectivity index (χ4n) is 8.82. The Balaban J connectivity index is 1.22. The molecule has 0 bridgehead atoms. The molecule has 0 fully saturated rings. The number of nitrogens with zero attached hydrogens (tertiary/aromatic N) is 4. The predicted molar refractivity (Wildman–Crippen MR) is 226 cm³/mol. The summed E-state index contributed by atoms with van der Waals surface area (Å²) < 4.78 is 4.79. The number of hydrogen-bond acceptors (Lipinski definition) is 2. The van der Waals surface area contributed by atoms with E-state index >= 15 is 0 Å². The van der Waals surface area contributed by atoms with E-state index in [2.05, 4.69) is 179 Å². The van der Waals surface area contributed by atoms with Crippen LogP contribution in [0, 0.1) is 0 Å². The van der Waals surface area contributed by atoms with Gasteiger partial charge >= 0.3 is 0 Å². The lowest BCUT2D eigenvalue weighted by molar-refractivity contribution is 1.08. The van der Waals surface area contributed by atoms with Crippen LogP contribution < -0.4 is 0 Å². The molecule has 0 saturated carbocycles. The van der Waals surface area contributed by atoms with Crippen molar-refractivity contribution in [3.8, 4) is 22.8 Å². The fraction of sp³-hybridized carbons (Fsp3) is 0. The number of fused-ring (bicyclic) bond motifs is 12. The first-order valence-corrected chi connectivity index (χ1v) is 18.4. The van der Waals surface area contributed by atoms with Gasteiger partial charge in [0.05, 0.1) is 33.1 Å². The first kappa shape index (κ1) is 29.3. The third-order valence-electron chi connectivity index (χ3n) is 11.2. The van der Waals surface area contributed by atoms with Gasteiger partial charge in [-0.15, -0.1) is 0 Å². The summed E-state index contributed by atoms with van der Waals surface area (Å²) in [7, 11) is 0. The van der Waals surface area contributed by atoms with E-state index in [1.54, 1.807) is 0 Å². The minimum atomic E-state index is 0.815. The van der Waals surface area contributed by atoms with E-state index in [0.717, 1.165) is 44.8 Å². The van der Waals surface area contributed by atoms with Gasteiger partial charge in [-0.3, -0.25) is 4.57 Å². The zero-order chi connectivity index (χ0) is 35.3. The maximum absolute atomic E-state index is 5.44. The number of aromatic nitrogens is 4. The average molecular weight is 687 g/mol. The Labute approximate surface area is 309 Å². The van der Waals surface area contributed by atoms with E-state index in [4.69, 9.17) is 9.97 Å². The first-order chi connectivity index (χ1) is 26.8. The lowest BCUT2D eigenvalue weighted by Crippen LogP contribution is -2.04. The molecule has 0 aliphatic carbocycles. The van der Waals surface area contributed by atoms with Crippen LogP contribution >= 0.6 is 0 Å². The molecule has 12 aromatic rings. The van der Waals surface area contributed by atoms with Crippen molar-refractivity contribution in [2.24, 2.45) is 0 Å². The second-order valence-corrected chi connectivity index (χ2v) is 14.2. The van der Waals surface area contributed by atoms with Gasteiger partial charge in [-0.2, -0.15) is 0 Å². The van der Waals surface area contributed by atoms with E-state index in [1.165, 1.54) is 64.9 Å². The summed E-state index contributed by atoms with van der Waals surface area (Å²) in [6.07, 6.45) is 0. The smallest absolute Gasteiger partial charge is 0.165 e. The molecule has 4 nitrogen and oxygen atoms in total. The van der Waals surface area contributed by atoms with Crippen molar-refractivity contribution in [1.82, 2.24) is 19.1 Å². The number of rotatable bonds is 3. The van der Waals surface area contributed by atoms with Crippen molar-refractivity contribution in [3.05, 3.63) is 182 Å². The van der Waals surface area contributed by atoms with Crippen molar-refractivity contribution in [3.63, 3.8) is 0 Å². The monoisotopic (exact) mass is 686 g/mol. The molecule has 0 spiro atoms. The molecule has 9 aromatic carbocycles. The molecular weight excluding hydrogens is 657 g/mol. The Morgan fingerprint density at radius 2 is 0.963 bits per heavy atom. The summed E-state index contributed by atoms with van der Waals surface area (Å²) in [5.74, 6) is 0.815. The highest BCUT2D eigenvalue weighted by molar-refractivity contribution is 6.23. The first-order valence-electron chi connectivity index (χ1n) is 18.4. The Morgan fingerprint density at radius 3 is 1.81 bits per heavy atom. The molecule has 0 unspecified atom stereocenters. The molecule has 0 radical (unpaired) electrons. The highest BCUT2D eigenvalue weighted by Crippen LogP contribution is 2.42. The molecular formula is C50H30N4. The molecule has 4 heteroatoms. The van der Waals surface area contributed by atoms with Crippen LogP contribution in [0.25, 0.3) is 110 Å². The van der Waals surface area contributed by atoms with Crippen LogP contribution in [0.15, 0.2) is 182 Å². The van der Waals surface area contributed by atoms with E-state index in [0.29, 0.717) is 0 Å². The zero-order valence-corrected chi connectivity index (χ0v) is 29.1. The van der Waals surface area contributed by atoms with Crippen molar-refractivity contribution >= 4 is 87.0 Å². The van der Waals surface area contributed by atoms with Crippen molar-refractivity contribution < 1.29 is 0 Å². The number of hydrogen-bond donors (Lipinski definition) is 0. The summed E-state index contributed by atoms with van der Waals surface area (Å²) in [6.45, 7) is 0. The van der Waals surface area contributed by atoms with Gasteiger partial charge in [0.1, 0.15) is 5.69 Å². The second kappa shape index (κ2) is 11.1. The van der Waals surface area contributed by atoms with Crippen LogP contribution in [0.4, 0.5) is 0 Å². The molecule has 0 aliphatic rings. The molecule has 3 aromatic heterocycles. The normalized spacial score (nSPS) is 12.1. The second-order valence-electron chi connectivity index (χ2n) is 14.2. The average Bonchev–Trinajstić information content (AvgIpc) is 3.76. The van der Waals surface area contributed by atoms with Gasteiger partial charge in [0, 0.05) is 38.2 Å². The highest BCUT2D eigenvalue weighted by Gasteiger charge is 2.22. The summed E-state index contributed by atoms with van der Waals surface area (Å²) in [5.41, 5.74) is 9.34. The minimum absolute atomic E-state index is 0.815. The van der Waals surface area contributed by atoms with Gasteiger partial charge in [0.25, 0.3) is 0 Å². The van der Waals surface area contributed by atoms with Crippen LogP contribution in [-0.4, -0.2) is 19.1 Å². The molecule has 54 heavy (non-hydrogen) atoms. The summed E-state index contributed by atoms with van der Waals surface area (Å²) in [4.78, 5) is 10.8. The zero-order valence-electron chi connectivity index (χ0n) is 29.1. The quantitative estimate of drug-likeness (QED) is 0.185. The van der Waals surface area contributed by atoms with Crippen LogP contribution in [0.2, 0.25) is 0 Å². The Morgan fingerprint density at radius 1 is 0.352 bits per heavy atom. The van der Waals surface area contributed by atoms with E-state index < -0.39 is 0 Å². The highest BCUT2D eigenvalue weighted by atomic mass is 15.1. The summed E-state index contributed by atoms with van der Waals surface area (Å²) in [6, 6.07) is 65.5. The Kier molecular flexibility index (Phi) is 6.02. The fourth-order valence-corrected chi connectivity index (χ4v) is 8.82. The van der Waals surface area contributed by atoms with Crippen molar-refractivity contribution in [1.29, 1.82) is 0 Å². The third kappa shape index (κ3) is 4.13. The standard InChI is InChI=1S/C50H30N4/c1-2-14-34-29-35(22-21-31(34)11-1)48-50(52-43-19-9-8-18-42(43)51-48)54-45-28-25-36(30-41(45)47-37-15-5-3-12-32(37)24-27-46(47)54)53-44-20-10-7-17-39(44)40-26-23-33-13-4-6-16-38(33)49(40)53/h1-30H. The third-order valence-corrected chi connectivity index (χ3v) is 11.2. The number of para-hydroxylation sites is 3. The van der Waals surface area contributed by atoms with Gasteiger partial charge in [0.15, 0.2) is 5.82 Å². The molecule has 3 heterocycles. The molecule has 12 rings (SSSR count). The van der Waals surface area contributed by atoms with E-state index in [-0.39, 0.29) is 0 Å². The predicted octanol–water partition coefficient (Wildman–Crippen LogP) is 13.0. The molecule has 0 N–H and O–H groups in total. The Bertz CT molecular complexity index is 3510. The topological polar surface area (TPSA) is 35.6 Å². The number of benzene rings is 9. The van der Waals surface area contributed by atoms with Gasteiger partial charge in [0.2, 0.25) is 0 Å². The van der Waals surface area contributed by atoms with Crippen LogP contribution in [0.3, 0.4) is 0 Å². The lowest BCUT2D eigenvalue weighted by Gasteiger charge is -2.15. The SMILES string of the molecule is c1ccc2cc(-c3nc4ccccc4nc3-n3c4ccc(-n5c6ccccc6c6ccc7ccccc7c65)cc4c4c5ccccc5ccc43)ccc2c1. The Hall–Kier alpha value is -7.30. The molecule has 0 saturated heterocycles. The van der Waals surface area contributed by atoms with Crippen LogP contribution in [0.1, 0.15) is 0 Å². The van der Waals surface area contributed by atoms with Crippen molar-refractivity contribution in [2.45, 2.75) is 0 Å².